The maximum atomic E-state index is 12.2. The Labute approximate surface area is 166 Å². The smallest absolute Gasteiger partial charge is 0.252 e. The largest absolute Gasteiger partial charge is 0.352 e. The van der Waals surface area contributed by atoms with Crippen molar-refractivity contribution in [1.82, 2.24) is 20.2 Å². The minimum absolute atomic E-state index is 0.131. The van der Waals surface area contributed by atoms with Gasteiger partial charge in [-0.2, -0.15) is 0 Å². The van der Waals surface area contributed by atoms with Crippen molar-refractivity contribution in [1.29, 1.82) is 0 Å². The highest BCUT2D eigenvalue weighted by molar-refractivity contribution is 9.10. The van der Waals surface area contributed by atoms with Gasteiger partial charge >= 0.3 is 0 Å². The number of piperazine rings is 1. The molecule has 1 aliphatic rings. The Hall–Kier alpha value is -1.70. The number of amides is 1. The van der Waals surface area contributed by atoms with Crippen LogP contribution in [0, 0.1) is 0 Å². The first-order chi connectivity index (χ1) is 12.6. The van der Waals surface area contributed by atoms with Crippen LogP contribution >= 0.6 is 27.5 Å². The predicted molar refractivity (Wildman–Crippen MR) is 107 cm³/mol. The van der Waals surface area contributed by atoms with E-state index < -0.39 is 0 Å². The summed E-state index contributed by atoms with van der Waals surface area (Å²) in [5, 5.41) is 3.39. The zero-order valence-corrected chi connectivity index (χ0v) is 16.7. The summed E-state index contributed by atoms with van der Waals surface area (Å²) in [6, 6.07) is 7.10. The first-order valence-corrected chi connectivity index (χ1v) is 9.78. The van der Waals surface area contributed by atoms with Gasteiger partial charge in [0.15, 0.2) is 0 Å². The van der Waals surface area contributed by atoms with Gasteiger partial charge in [0.1, 0.15) is 0 Å². The summed E-state index contributed by atoms with van der Waals surface area (Å²) in [5.74, 6) is 0.666. The molecule has 1 aliphatic heterocycles. The Kier molecular flexibility index (Phi) is 6.82. The number of halogens is 2. The van der Waals surface area contributed by atoms with E-state index in [4.69, 9.17) is 11.6 Å². The maximum Gasteiger partial charge on any atom is 0.252 e. The van der Waals surface area contributed by atoms with Crippen LogP contribution in [-0.2, 0) is 0 Å². The second-order valence-electron chi connectivity index (χ2n) is 6.11. The fourth-order valence-electron chi connectivity index (χ4n) is 2.90. The first kappa shape index (κ1) is 19.1. The molecule has 1 saturated heterocycles. The number of carbonyl (C=O) groups excluding carboxylic acids is 1. The van der Waals surface area contributed by atoms with Crippen molar-refractivity contribution < 1.29 is 4.79 Å². The molecule has 26 heavy (non-hydrogen) atoms. The lowest BCUT2D eigenvalue weighted by Crippen LogP contribution is -2.47. The molecular formula is C18H21BrClN5O. The highest BCUT2D eigenvalue weighted by atomic mass is 79.9. The lowest BCUT2D eigenvalue weighted by atomic mass is 10.2. The molecule has 0 bridgehead atoms. The molecule has 138 valence electrons. The lowest BCUT2D eigenvalue weighted by molar-refractivity contribution is 0.0951. The van der Waals surface area contributed by atoms with Gasteiger partial charge < -0.3 is 10.2 Å². The Morgan fingerprint density at radius 3 is 2.62 bits per heavy atom. The van der Waals surface area contributed by atoms with E-state index in [0.29, 0.717) is 17.1 Å². The summed E-state index contributed by atoms with van der Waals surface area (Å²) in [4.78, 5) is 25.4. The normalized spacial score (nSPS) is 15.1. The highest BCUT2D eigenvalue weighted by Crippen LogP contribution is 2.21. The average molecular weight is 439 g/mol. The molecule has 0 unspecified atom stereocenters. The molecule has 8 heteroatoms. The Bertz CT molecular complexity index is 738. The van der Waals surface area contributed by atoms with Crippen molar-refractivity contribution in [3.05, 3.63) is 51.7 Å². The molecule has 1 N–H and O–H groups in total. The Morgan fingerprint density at radius 2 is 1.92 bits per heavy atom. The van der Waals surface area contributed by atoms with Crippen LogP contribution in [0.2, 0.25) is 5.02 Å². The van der Waals surface area contributed by atoms with Gasteiger partial charge in [-0.1, -0.05) is 27.5 Å². The predicted octanol–water partition coefficient (Wildman–Crippen LogP) is 2.83. The van der Waals surface area contributed by atoms with E-state index in [9.17, 15) is 4.79 Å². The van der Waals surface area contributed by atoms with Gasteiger partial charge in [-0.25, -0.2) is 9.97 Å². The molecule has 0 atom stereocenters. The lowest BCUT2D eigenvalue weighted by Gasteiger charge is -2.34. The first-order valence-electron chi connectivity index (χ1n) is 8.61. The quantitative estimate of drug-likeness (QED) is 0.703. The molecular weight excluding hydrogens is 418 g/mol. The van der Waals surface area contributed by atoms with Gasteiger partial charge in [0.05, 0.1) is 10.6 Å². The van der Waals surface area contributed by atoms with Gasteiger partial charge in [-0.05, 0) is 37.2 Å². The molecule has 2 aromatic rings. The fraction of sp³-hybridized carbons (Fsp3) is 0.389. The molecule has 2 heterocycles. The topological polar surface area (TPSA) is 61.4 Å². The standard InChI is InChI=1S/C18H21BrClN5O/c19-14-3-4-15(16(20)13-14)17(26)21-7-2-8-24-9-11-25(12-10-24)18-22-5-1-6-23-18/h1,3-6,13H,2,7-12H2,(H,21,26). The minimum Gasteiger partial charge on any atom is -0.352 e. The summed E-state index contributed by atoms with van der Waals surface area (Å²) in [5.41, 5.74) is 0.506. The highest BCUT2D eigenvalue weighted by Gasteiger charge is 2.18. The van der Waals surface area contributed by atoms with Crippen molar-refractivity contribution in [3.8, 4) is 0 Å². The minimum atomic E-state index is -0.131. The summed E-state index contributed by atoms with van der Waals surface area (Å²) in [6.45, 7) is 5.39. The molecule has 1 aromatic carbocycles. The van der Waals surface area contributed by atoms with E-state index in [1.54, 1.807) is 24.5 Å². The van der Waals surface area contributed by atoms with E-state index >= 15 is 0 Å². The van der Waals surface area contributed by atoms with Gasteiger partial charge in [-0.15, -0.1) is 0 Å². The summed E-state index contributed by atoms with van der Waals surface area (Å²) >= 11 is 9.45. The number of hydrogen-bond acceptors (Lipinski definition) is 5. The number of hydrogen-bond donors (Lipinski definition) is 1. The number of anilines is 1. The monoisotopic (exact) mass is 437 g/mol. The third-order valence-electron chi connectivity index (χ3n) is 4.32. The molecule has 0 saturated carbocycles. The van der Waals surface area contributed by atoms with Gasteiger partial charge in [-0.3, -0.25) is 9.69 Å². The van der Waals surface area contributed by atoms with Crippen LogP contribution in [0.5, 0.6) is 0 Å². The molecule has 1 amide bonds. The van der Waals surface area contributed by atoms with E-state index in [2.05, 4.69) is 41.0 Å². The third-order valence-corrected chi connectivity index (χ3v) is 5.13. The van der Waals surface area contributed by atoms with E-state index in [1.807, 2.05) is 12.1 Å². The number of aromatic nitrogens is 2. The molecule has 0 spiro atoms. The van der Waals surface area contributed by atoms with Crippen molar-refractivity contribution >= 4 is 39.4 Å². The van der Waals surface area contributed by atoms with Crippen LogP contribution in [0.15, 0.2) is 41.1 Å². The second kappa shape index (κ2) is 9.30. The number of rotatable bonds is 6. The number of nitrogens with zero attached hydrogens (tertiary/aromatic N) is 4. The second-order valence-corrected chi connectivity index (χ2v) is 7.43. The Morgan fingerprint density at radius 1 is 1.19 bits per heavy atom. The van der Waals surface area contributed by atoms with Crippen LogP contribution in [-0.4, -0.2) is 60.0 Å². The van der Waals surface area contributed by atoms with E-state index in [1.165, 1.54) is 0 Å². The number of benzene rings is 1. The van der Waals surface area contributed by atoms with Crippen molar-refractivity contribution in [2.45, 2.75) is 6.42 Å². The maximum absolute atomic E-state index is 12.2. The Balaban J connectivity index is 1.36. The van der Waals surface area contributed by atoms with Gasteiger partial charge in [0, 0.05) is 49.6 Å². The molecule has 3 rings (SSSR count). The summed E-state index contributed by atoms with van der Waals surface area (Å²) in [7, 11) is 0. The molecule has 6 nitrogen and oxygen atoms in total. The SMILES string of the molecule is O=C(NCCCN1CCN(c2ncccn2)CC1)c1ccc(Br)cc1Cl. The van der Waals surface area contributed by atoms with Crippen molar-refractivity contribution in [2.24, 2.45) is 0 Å². The van der Waals surface area contributed by atoms with Crippen molar-refractivity contribution in [2.75, 3.05) is 44.2 Å². The third kappa shape index (κ3) is 5.16. The van der Waals surface area contributed by atoms with E-state index in [-0.39, 0.29) is 5.91 Å². The van der Waals surface area contributed by atoms with Gasteiger partial charge in [0.2, 0.25) is 5.95 Å². The molecule has 1 aromatic heterocycles. The van der Waals surface area contributed by atoms with Crippen molar-refractivity contribution in [3.63, 3.8) is 0 Å². The van der Waals surface area contributed by atoms with Crippen LogP contribution in [0.4, 0.5) is 5.95 Å². The summed E-state index contributed by atoms with van der Waals surface area (Å²) in [6.07, 6.45) is 4.45. The average Bonchev–Trinajstić information content (AvgIpc) is 2.66. The molecule has 1 fully saturated rings. The van der Waals surface area contributed by atoms with Crippen LogP contribution in [0.1, 0.15) is 16.8 Å². The number of nitrogens with one attached hydrogen (secondary N) is 1. The molecule has 0 aliphatic carbocycles. The zero-order chi connectivity index (χ0) is 18.4. The van der Waals surface area contributed by atoms with E-state index in [0.717, 1.165) is 49.6 Å². The zero-order valence-electron chi connectivity index (χ0n) is 14.4. The van der Waals surface area contributed by atoms with Crippen LogP contribution in [0.3, 0.4) is 0 Å². The fourth-order valence-corrected chi connectivity index (χ4v) is 3.66. The van der Waals surface area contributed by atoms with Crippen LogP contribution < -0.4 is 10.2 Å². The van der Waals surface area contributed by atoms with Crippen LogP contribution in [0.25, 0.3) is 0 Å². The summed E-state index contributed by atoms with van der Waals surface area (Å²) < 4.78 is 0.860. The molecule has 0 radical (unpaired) electrons. The number of carbonyl (C=O) groups is 1. The van der Waals surface area contributed by atoms with Gasteiger partial charge in [0.25, 0.3) is 5.91 Å².